The van der Waals surface area contributed by atoms with E-state index in [0.29, 0.717) is 24.7 Å². The van der Waals surface area contributed by atoms with Gasteiger partial charge in [-0.1, -0.05) is 25.1 Å². The third-order valence-electron chi connectivity index (χ3n) is 2.76. The van der Waals surface area contributed by atoms with Crippen molar-refractivity contribution in [2.75, 3.05) is 19.8 Å². The molecule has 0 aliphatic carbocycles. The molecule has 0 bridgehead atoms. The molecule has 1 rings (SSSR count). The largest absolute Gasteiger partial charge is 0.380 e. The molecule has 0 fully saturated rings. The van der Waals surface area contributed by atoms with Crippen LogP contribution < -0.4 is 10.0 Å². The van der Waals surface area contributed by atoms with Crippen LogP contribution in [0.15, 0.2) is 29.2 Å². The lowest BCUT2D eigenvalue weighted by Crippen LogP contribution is -2.36. The summed E-state index contributed by atoms with van der Waals surface area (Å²) in [5.41, 5.74) is 0.769. The van der Waals surface area contributed by atoms with Crippen molar-refractivity contribution in [2.24, 2.45) is 0 Å². The molecule has 0 amide bonds. The first-order chi connectivity index (χ1) is 9.51. The van der Waals surface area contributed by atoms with Gasteiger partial charge in [0.15, 0.2) is 0 Å². The monoisotopic (exact) mass is 300 g/mol. The van der Waals surface area contributed by atoms with Gasteiger partial charge in [-0.3, -0.25) is 0 Å². The molecule has 0 spiro atoms. The molecule has 1 aromatic rings. The topological polar surface area (TPSA) is 67.4 Å². The molecule has 5 nitrogen and oxygen atoms in total. The van der Waals surface area contributed by atoms with E-state index in [4.69, 9.17) is 4.74 Å². The Hall–Kier alpha value is -0.950. The molecule has 0 saturated carbocycles. The van der Waals surface area contributed by atoms with Gasteiger partial charge in [0.05, 0.1) is 11.5 Å². The summed E-state index contributed by atoms with van der Waals surface area (Å²) >= 11 is 0. The van der Waals surface area contributed by atoms with E-state index >= 15 is 0 Å². The average Bonchev–Trinajstić information content (AvgIpc) is 2.42. The molecule has 0 aliphatic heterocycles. The van der Waals surface area contributed by atoms with Crippen LogP contribution in [0.3, 0.4) is 0 Å². The fraction of sp³-hybridized carbons (Fsp3) is 0.571. The third-order valence-corrected chi connectivity index (χ3v) is 4.45. The Labute approximate surface area is 121 Å². The third kappa shape index (κ3) is 5.20. The minimum Gasteiger partial charge on any atom is -0.380 e. The number of rotatable bonds is 9. The van der Waals surface area contributed by atoms with E-state index in [1.807, 2.05) is 26.0 Å². The van der Waals surface area contributed by atoms with Gasteiger partial charge in [-0.05, 0) is 32.0 Å². The number of nitrogens with one attached hydrogen (secondary N) is 2. The summed E-state index contributed by atoms with van der Waals surface area (Å²) in [6, 6.07) is 6.77. The first-order valence-electron chi connectivity index (χ1n) is 6.90. The van der Waals surface area contributed by atoms with Crippen molar-refractivity contribution >= 4 is 10.0 Å². The van der Waals surface area contributed by atoms with Gasteiger partial charge >= 0.3 is 0 Å². The summed E-state index contributed by atoms with van der Waals surface area (Å²) in [5, 5.41) is 3.15. The van der Waals surface area contributed by atoms with Gasteiger partial charge < -0.3 is 10.1 Å². The second kappa shape index (κ2) is 8.36. The molecule has 1 atom stereocenters. The zero-order valence-electron chi connectivity index (χ0n) is 12.3. The molecule has 114 valence electrons. The smallest absolute Gasteiger partial charge is 0.241 e. The van der Waals surface area contributed by atoms with Crippen LogP contribution in [0.1, 0.15) is 26.3 Å². The van der Waals surface area contributed by atoms with Crippen molar-refractivity contribution in [1.29, 1.82) is 0 Å². The van der Waals surface area contributed by atoms with Crippen LogP contribution in [-0.4, -0.2) is 34.2 Å². The SMILES string of the molecule is CCNCc1ccccc1S(=O)(=O)NC(C)COCC. The molecule has 0 aliphatic rings. The van der Waals surface area contributed by atoms with Gasteiger partial charge in [0.1, 0.15) is 0 Å². The van der Waals surface area contributed by atoms with Crippen molar-refractivity contribution < 1.29 is 13.2 Å². The number of hydrogen-bond acceptors (Lipinski definition) is 4. The highest BCUT2D eigenvalue weighted by Gasteiger charge is 2.20. The van der Waals surface area contributed by atoms with Crippen LogP contribution in [0.4, 0.5) is 0 Å². The predicted octanol–water partition coefficient (Wildman–Crippen LogP) is 1.50. The van der Waals surface area contributed by atoms with Gasteiger partial charge in [0.25, 0.3) is 0 Å². The number of ether oxygens (including phenoxy) is 1. The molecule has 2 N–H and O–H groups in total. The minimum absolute atomic E-state index is 0.257. The summed E-state index contributed by atoms with van der Waals surface area (Å²) in [7, 11) is -3.52. The van der Waals surface area contributed by atoms with Crippen LogP contribution in [0, 0.1) is 0 Å². The Morgan fingerprint density at radius 2 is 1.95 bits per heavy atom. The predicted molar refractivity (Wildman–Crippen MR) is 80.1 cm³/mol. The number of hydrogen-bond donors (Lipinski definition) is 2. The van der Waals surface area contributed by atoms with E-state index in [1.54, 1.807) is 19.1 Å². The molecule has 1 aromatic carbocycles. The van der Waals surface area contributed by atoms with Crippen LogP contribution in [0.5, 0.6) is 0 Å². The van der Waals surface area contributed by atoms with E-state index in [2.05, 4.69) is 10.0 Å². The van der Waals surface area contributed by atoms with E-state index in [1.165, 1.54) is 0 Å². The Morgan fingerprint density at radius 1 is 1.25 bits per heavy atom. The molecular weight excluding hydrogens is 276 g/mol. The standard InChI is InChI=1S/C14H24N2O3S/c1-4-15-10-13-8-6-7-9-14(13)20(17,18)16-12(3)11-19-5-2/h6-9,12,15-16H,4-5,10-11H2,1-3H3. The lowest BCUT2D eigenvalue weighted by atomic mass is 10.2. The van der Waals surface area contributed by atoms with Gasteiger partial charge in [-0.15, -0.1) is 0 Å². The molecular formula is C14H24N2O3S. The molecule has 0 radical (unpaired) electrons. The first-order valence-corrected chi connectivity index (χ1v) is 8.38. The maximum atomic E-state index is 12.4. The molecule has 6 heteroatoms. The second-order valence-corrected chi connectivity index (χ2v) is 6.25. The quantitative estimate of drug-likeness (QED) is 0.725. The second-order valence-electron chi connectivity index (χ2n) is 4.57. The van der Waals surface area contributed by atoms with Gasteiger partial charge in [0.2, 0.25) is 10.0 Å². The fourth-order valence-electron chi connectivity index (χ4n) is 1.83. The highest BCUT2D eigenvalue weighted by atomic mass is 32.2. The van der Waals surface area contributed by atoms with Crippen LogP contribution in [0.2, 0.25) is 0 Å². The van der Waals surface area contributed by atoms with Crippen molar-refractivity contribution in [1.82, 2.24) is 10.0 Å². The van der Waals surface area contributed by atoms with Gasteiger partial charge in [-0.2, -0.15) is 0 Å². The van der Waals surface area contributed by atoms with E-state index < -0.39 is 10.0 Å². The van der Waals surface area contributed by atoms with E-state index in [0.717, 1.165) is 12.1 Å². The zero-order chi connectivity index (χ0) is 15.0. The van der Waals surface area contributed by atoms with Gasteiger partial charge in [-0.25, -0.2) is 13.1 Å². The normalized spacial score (nSPS) is 13.3. The fourth-order valence-corrected chi connectivity index (χ4v) is 3.30. The molecule has 0 heterocycles. The van der Waals surface area contributed by atoms with Gasteiger partial charge in [0, 0.05) is 19.2 Å². The maximum absolute atomic E-state index is 12.4. The molecule has 20 heavy (non-hydrogen) atoms. The molecule has 0 saturated heterocycles. The van der Waals surface area contributed by atoms with Crippen molar-refractivity contribution in [3.8, 4) is 0 Å². The van der Waals surface area contributed by atoms with Crippen molar-refractivity contribution in [3.05, 3.63) is 29.8 Å². The zero-order valence-corrected chi connectivity index (χ0v) is 13.2. The number of benzene rings is 1. The van der Waals surface area contributed by atoms with Crippen LogP contribution in [-0.2, 0) is 21.3 Å². The maximum Gasteiger partial charge on any atom is 0.241 e. The van der Waals surface area contributed by atoms with Crippen molar-refractivity contribution in [3.63, 3.8) is 0 Å². The minimum atomic E-state index is -3.52. The van der Waals surface area contributed by atoms with Crippen LogP contribution in [0.25, 0.3) is 0 Å². The Morgan fingerprint density at radius 3 is 2.60 bits per heavy atom. The lowest BCUT2D eigenvalue weighted by molar-refractivity contribution is 0.133. The molecule has 1 unspecified atom stereocenters. The Kier molecular flexibility index (Phi) is 7.15. The highest BCUT2D eigenvalue weighted by Crippen LogP contribution is 2.15. The summed E-state index contributed by atoms with van der Waals surface area (Å²) in [4.78, 5) is 0.323. The van der Waals surface area contributed by atoms with Crippen LogP contribution >= 0.6 is 0 Å². The molecule has 0 aromatic heterocycles. The number of sulfonamides is 1. The first kappa shape index (κ1) is 17.1. The Balaban J connectivity index is 2.86. The highest BCUT2D eigenvalue weighted by molar-refractivity contribution is 7.89. The summed E-state index contributed by atoms with van der Waals surface area (Å²) < 4.78 is 32.7. The van der Waals surface area contributed by atoms with Crippen molar-refractivity contribution in [2.45, 2.75) is 38.3 Å². The van der Waals surface area contributed by atoms with E-state index in [-0.39, 0.29) is 6.04 Å². The van der Waals surface area contributed by atoms with E-state index in [9.17, 15) is 8.42 Å². The summed E-state index contributed by atoms with van der Waals surface area (Å²) in [6.07, 6.45) is 0. The average molecular weight is 300 g/mol. The summed E-state index contributed by atoms with van der Waals surface area (Å²) in [6.45, 7) is 7.93. The lowest BCUT2D eigenvalue weighted by Gasteiger charge is -2.16. The summed E-state index contributed by atoms with van der Waals surface area (Å²) in [5.74, 6) is 0. The Bertz CT molecular complexity index is 503.